The second-order valence-electron chi connectivity index (χ2n) is 11.7. The third-order valence-electron chi connectivity index (χ3n) is 9.19. The number of hydrogen-bond acceptors (Lipinski definition) is 10. The zero-order valence-corrected chi connectivity index (χ0v) is 26.2. The van der Waals surface area contributed by atoms with Gasteiger partial charge in [-0.25, -0.2) is 8.78 Å². The quantitative estimate of drug-likeness (QED) is 0.280. The molecule has 2 N–H and O–H groups in total. The van der Waals surface area contributed by atoms with E-state index in [0.717, 1.165) is 37.1 Å². The molecule has 3 aliphatic heterocycles. The number of halogens is 3. The van der Waals surface area contributed by atoms with Crippen LogP contribution in [0.3, 0.4) is 0 Å². The minimum Gasteiger partial charge on any atom is -0.489 e. The summed E-state index contributed by atoms with van der Waals surface area (Å²) < 4.78 is 44.7. The lowest BCUT2D eigenvalue weighted by molar-refractivity contribution is -0.117. The molecule has 0 radical (unpaired) electrons. The topological polar surface area (TPSA) is 121 Å². The van der Waals surface area contributed by atoms with E-state index in [0.29, 0.717) is 31.9 Å². The van der Waals surface area contributed by atoms with Gasteiger partial charge in [-0.15, -0.1) is 11.3 Å². The summed E-state index contributed by atoms with van der Waals surface area (Å²) in [6.45, 7) is 4.55. The Bertz CT molecular complexity index is 1900. The summed E-state index contributed by atoms with van der Waals surface area (Å²) in [4.78, 5) is 26.9. The Morgan fingerprint density at radius 1 is 1.24 bits per heavy atom. The first-order valence-corrected chi connectivity index (χ1v) is 16.0. The van der Waals surface area contributed by atoms with E-state index in [1.165, 1.54) is 12.1 Å². The molecule has 0 unspecified atom stereocenters. The van der Waals surface area contributed by atoms with E-state index in [1.807, 2.05) is 24.9 Å². The maximum Gasteiger partial charge on any atom is 0.319 e. The molecule has 2 fully saturated rings. The lowest BCUT2D eigenvalue weighted by atomic mass is 9.96. The van der Waals surface area contributed by atoms with Gasteiger partial charge < -0.3 is 25.0 Å². The number of anilines is 2. The predicted molar refractivity (Wildman–Crippen MR) is 169 cm³/mol. The van der Waals surface area contributed by atoms with E-state index >= 15 is 4.39 Å². The van der Waals surface area contributed by atoms with Crippen molar-refractivity contribution in [3.63, 3.8) is 0 Å². The third-order valence-corrected chi connectivity index (χ3v) is 10.6. The normalized spacial score (nSPS) is 20.8. The van der Waals surface area contributed by atoms with Gasteiger partial charge in [-0.05, 0) is 51.4 Å². The number of likely N-dealkylation sites (tertiary alicyclic amines) is 2. The van der Waals surface area contributed by atoms with Crippen LogP contribution in [0.5, 0.6) is 11.8 Å². The van der Waals surface area contributed by atoms with Crippen LogP contribution in [0.25, 0.3) is 32.1 Å². The number of rotatable bonds is 6. The number of nitrogens with zero attached hydrogens (tertiary/aromatic N) is 6. The fourth-order valence-electron chi connectivity index (χ4n) is 6.98. The van der Waals surface area contributed by atoms with Gasteiger partial charge in [0.25, 0.3) is 0 Å². The lowest BCUT2D eigenvalue weighted by Crippen LogP contribution is -2.40. The molecule has 7 rings (SSSR count). The number of nitrogen functional groups attached to an aromatic ring is 1. The standard InChI is InChI=1S/C31H30ClF2N7O3S/c1-15(20-4-3-8-39(20)2)44-31-37-26-23-27(43-11-10-41(30(23)38-31)16-7-9-40(13-16)14-42)24(32)22(25(26)34)17-5-6-19(33)28-21(17)18(12-35)29(36)45-28/h5-6,14-16,20H,3-4,7-11,13,36H2,1-2H3/t15-,16+,20-/m0/s1. The number of amides is 1. The van der Waals surface area contributed by atoms with Gasteiger partial charge in [0.15, 0.2) is 11.6 Å². The third kappa shape index (κ3) is 4.78. The summed E-state index contributed by atoms with van der Waals surface area (Å²) in [5.41, 5.74) is 6.16. The SMILES string of the molecule is C[C@H](Oc1nc2c3c(c(Cl)c(-c4ccc(F)c5sc(N)c(C#N)c45)c(F)c3n1)OCCN2[C@@H]1CCN(C=O)C1)[C@@H]1CCCN1C. The summed E-state index contributed by atoms with van der Waals surface area (Å²) in [6, 6.07) is 4.67. The van der Waals surface area contributed by atoms with Crippen LogP contribution in [-0.2, 0) is 4.79 Å². The fourth-order valence-corrected chi connectivity index (χ4v) is 8.26. The van der Waals surface area contributed by atoms with E-state index in [9.17, 15) is 14.4 Å². The average molecular weight is 654 g/mol. The first kappa shape index (κ1) is 29.7. The van der Waals surface area contributed by atoms with Crippen molar-refractivity contribution in [2.75, 3.05) is 50.5 Å². The van der Waals surface area contributed by atoms with Crippen LogP contribution in [0, 0.1) is 23.0 Å². The van der Waals surface area contributed by atoms with Gasteiger partial charge in [0.05, 0.1) is 27.2 Å². The minimum absolute atomic E-state index is 0.00214. The van der Waals surface area contributed by atoms with E-state index in [-0.39, 0.29) is 84.3 Å². The highest BCUT2D eigenvalue weighted by Gasteiger charge is 2.36. The van der Waals surface area contributed by atoms with Gasteiger partial charge in [0.1, 0.15) is 40.9 Å². The van der Waals surface area contributed by atoms with Gasteiger partial charge >= 0.3 is 6.01 Å². The van der Waals surface area contributed by atoms with E-state index in [1.54, 1.807) is 4.90 Å². The molecule has 2 aromatic heterocycles. The van der Waals surface area contributed by atoms with Crippen LogP contribution >= 0.6 is 22.9 Å². The van der Waals surface area contributed by atoms with E-state index in [4.69, 9.17) is 31.8 Å². The maximum absolute atomic E-state index is 17.1. The van der Waals surface area contributed by atoms with Gasteiger partial charge in [-0.3, -0.25) is 9.69 Å². The Hall–Kier alpha value is -3.99. The van der Waals surface area contributed by atoms with Crippen molar-refractivity contribution in [2.24, 2.45) is 0 Å². The van der Waals surface area contributed by atoms with Crippen molar-refractivity contribution in [3.8, 4) is 29.0 Å². The number of nitrogens with two attached hydrogens (primary N) is 1. The second-order valence-corrected chi connectivity index (χ2v) is 13.2. The number of hydrogen-bond donors (Lipinski definition) is 1. The second kappa shape index (κ2) is 11.4. The highest BCUT2D eigenvalue weighted by molar-refractivity contribution is 7.23. The Morgan fingerprint density at radius 2 is 2.07 bits per heavy atom. The molecule has 45 heavy (non-hydrogen) atoms. The molecule has 1 amide bonds. The fraction of sp³-hybridized carbons (Fsp3) is 0.419. The molecule has 10 nitrogen and oxygen atoms in total. The number of nitriles is 1. The largest absolute Gasteiger partial charge is 0.489 e. The number of fused-ring (bicyclic) bond motifs is 1. The zero-order chi connectivity index (χ0) is 31.6. The van der Waals surface area contributed by atoms with Crippen LogP contribution < -0.4 is 20.1 Å². The Kier molecular flexibility index (Phi) is 7.54. The van der Waals surface area contributed by atoms with Gasteiger partial charge in [0.2, 0.25) is 6.41 Å². The molecule has 14 heteroatoms. The smallest absolute Gasteiger partial charge is 0.319 e. The maximum atomic E-state index is 17.1. The summed E-state index contributed by atoms with van der Waals surface area (Å²) in [6.07, 6.45) is 3.23. The molecule has 0 saturated carbocycles. The number of aromatic nitrogens is 2. The minimum atomic E-state index is -0.786. The molecule has 2 aromatic carbocycles. The zero-order valence-electron chi connectivity index (χ0n) is 24.6. The number of benzene rings is 2. The van der Waals surface area contributed by atoms with E-state index in [2.05, 4.69) is 9.88 Å². The highest BCUT2D eigenvalue weighted by Crippen LogP contribution is 2.51. The molecule has 0 aliphatic carbocycles. The molecular formula is C31H30ClF2N7O3S. The molecule has 2 saturated heterocycles. The monoisotopic (exact) mass is 653 g/mol. The average Bonchev–Trinajstić information content (AvgIpc) is 3.73. The lowest BCUT2D eigenvalue weighted by Gasteiger charge is -2.30. The Balaban J connectivity index is 1.47. The first-order chi connectivity index (χ1) is 21.7. The van der Waals surface area contributed by atoms with Crippen molar-refractivity contribution < 1.29 is 23.0 Å². The number of carbonyl (C=O) groups excluding carboxylic acids is 1. The van der Waals surface area contributed by atoms with Gasteiger partial charge in [-0.2, -0.15) is 15.2 Å². The van der Waals surface area contributed by atoms with Crippen molar-refractivity contribution in [2.45, 2.75) is 44.4 Å². The summed E-state index contributed by atoms with van der Waals surface area (Å²) in [5, 5.41) is 10.4. The molecule has 4 aromatic rings. The summed E-state index contributed by atoms with van der Waals surface area (Å²) in [7, 11) is 2.04. The molecular weight excluding hydrogens is 624 g/mol. The van der Waals surface area contributed by atoms with Gasteiger partial charge in [-0.1, -0.05) is 17.7 Å². The predicted octanol–water partition coefficient (Wildman–Crippen LogP) is 5.19. The van der Waals surface area contributed by atoms with Crippen LogP contribution in [0.2, 0.25) is 5.02 Å². The number of ether oxygens (including phenoxy) is 2. The Labute approximate surface area is 266 Å². The molecule has 234 valence electrons. The molecule has 3 aliphatic rings. The Morgan fingerprint density at radius 3 is 2.78 bits per heavy atom. The van der Waals surface area contributed by atoms with Crippen LogP contribution in [-0.4, -0.2) is 84.2 Å². The van der Waals surface area contributed by atoms with Crippen molar-refractivity contribution >= 4 is 61.2 Å². The number of likely N-dealkylation sites (N-methyl/N-ethyl adjacent to an activating group) is 1. The number of carbonyl (C=O) groups is 1. The van der Waals surface area contributed by atoms with E-state index < -0.39 is 11.6 Å². The summed E-state index contributed by atoms with van der Waals surface area (Å²) >= 11 is 7.91. The van der Waals surface area contributed by atoms with Crippen molar-refractivity contribution in [3.05, 3.63) is 34.4 Å². The summed E-state index contributed by atoms with van der Waals surface area (Å²) in [5.74, 6) is -0.784. The first-order valence-electron chi connectivity index (χ1n) is 14.8. The van der Waals surface area contributed by atoms with Crippen molar-refractivity contribution in [1.82, 2.24) is 19.8 Å². The molecule has 5 heterocycles. The molecule has 0 spiro atoms. The highest BCUT2D eigenvalue weighted by atomic mass is 35.5. The van der Waals surface area contributed by atoms with Crippen molar-refractivity contribution in [1.29, 1.82) is 5.26 Å². The molecule has 0 bridgehead atoms. The van der Waals surface area contributed by atoms with Crippen LogP contribution in [0.4, 0.5) is 19.6 Å². The van der Waals surface area contributed by atoms with Gasteiger partial charge in [0, 0.05) is 36.1 Å². The molecule has 3 atom stereocenters. The van der Waals surface area contributed by atoms with Crippen LogP contribution in [0.15, 0.2) is 12.1 Å². The number of thiophene rings is 1. The van der Waals surface area contributed by atoms with Crippen LogP contribution in [0.1, 0.15) is 31.7 Å².